The fraction of sp³-hybridized carbons (Fsp3) is 0.545. The number of carbonyl (C=O) groups is 2. The van der Waals surface area contributed by atoms with Crippen molar-refractivity contribution < 1.29 is 14.7 Å². The molecule has 1 amide bonds. The molecular weight excluding hydrogens is 240 g/mol. The van der Waals surface area contributed by atoms with Crippen LogP contribution in [-0.2, 0) is 4.79 Å². The van der Waals surface area contributed by atoms with Crippen molar-refractivity contribution in [1.29, 1.82) is 0 Å². The summed E-state index contributed by atoms with van der Waals surface area (Å²) in [6.07, 6.45) is 2.91. The smallest absolute Gasteiger partial charge is 0.303 e. The summed E-state index contributed by atoms with van der Waals surface area (Å²) < 4.78 is 0. The summed E-state index contributed by atoms with van der Waals surface area (Å²) in [6.45, 7) is 0.426. The summed E-state index contributed by atoms with van der Waals surface area (Å²) in [5.41, 5.74) is 1.77. The minimum Gasteiger partial charge on any atom is -0.481 e. The standard InChI is InChI=1S/C11H14N2O3S/c14-9(15)4-11(2-1-3-11)6-12-10(16)8-5-17-7-13-8/h5,7H,1-4,6H2,(H,12,16)(H,14,15). The highest BCUT2D eigenvalue weighted by atomic mass is 32.1. The molecular formula is C11H14N2O3S. The Morgan fingerprint density at radius 2 is 2.29 bits per heavy atom. The Labute approximate surface area is 103 Å². The lowest BCUT2D eigenvalue weighted by atomic mass is 9.66. The van der Waals surface area contributed by atoms with Gasteiger partial charge in [0, 0.05) is 11.9 Å². The first kappa shape index (κ1) is 12.0. The molecule has 17 heavy (non-hydrogen) atoms. The molecule has 0 aliphatic heterocycles. The van der Waals surface area contributed by atoms with E-state index in [1.54, 1.807) is 10.9 Å². The maximum absolute atomic E-state index is 11.7. The van der Waals surface area contributed by atoms with Gasteiger partial charge in [-0.1, -0.05) is 6.42 Å². The third-order valence-electron chi connectivity index (χ3n) is 3.23. The van der Waals surface area contributed by atoms with E-state index in [9.17, 15) is 9.59 Å². The zero-order chi connectivity index (χ0) is 12.3. The fourth-order valence-corrected chi connectivity index (χ4v) is 2.63. The maximum atomic E-state index is 11.7. The van der Waals surface area contributed by atoms with Crippen LogP contribution >= 0.6 is 11.3 Å². The van der Waals surface area contributed by atoms with Crippen LogP contribution in [-0.4, -0.2) is 28.5 Å². The highest BCUT2D eigenvalue weighted by molar-refractivity contribution is 7.07. The minimum atomic E-state index is -0.799. The summed E-state index contributed by atoms with van der Waals surface area (Å²) in [6, 6.07) is 0. The second-order valence-corrected chi connectivity index (χ2v) is 5.20. The van der Waals surface area contributed by atoms with Gasteiger partial charge in [-0.05, 0) is 18.3 Å². The maximum Gasteiger partial charge on any atom is 0.303 e. The Kier molecular flexibility index (Phi) is 3.42. The van der Waals surface area contributed by atoms with Crippen LogP contribution in [0.25, 0.3) is 0 Å². The molecule has 0 atom stereocenters. The third kappa shape index (κ3) is 2.82. The number of nitrogens with zero attached hydrogens (tertiary/aromatic N) is 1. The van der Waals surface area contributed by atoms with Gasteiger partial charge >= 0.3 is 5.97 Å². The Morgan fingerprint density at radius 1 is 1.53 bits per heavy atom. The van der Waals surface area contributed by atoms with E-state index in [2.05, 4.69) is 10.3 Å². The lowest BCUT2D eigenvalue weighted by molar-refractivity contribution is -0.141. The molecule has 0 unspecified atom stereocenters. The van der Waals surface area contributed by atoms with Crippen molar-refractivity contribution in [3.8, 4) is 0 Å². The van der Waals surface area contributed by atoms with Crippen LogP contribution in [0.5, 0.6) is 0 Å². The first-order valence-electron chi connectivity index (χ1n) is 5.50. The number of carboxylic acids is 1. The SMILES string of the molecule is O=C(O)CC1(CNC(=O)c2cscn2)CCC1. The molecule has 0 saturated heterocycles. The lowest BCUT2D eigenvalue weighted by Gasteiger charge is -2.40. The van der Waals surface area contributed by atoms with Crippen LogP contribution in [0.15, 0.2) is 10.9 Å². The Hall–Kier alpha value is -1.43. The molecule has 0 bridgehead atoms. The van der Waals surface area contributed by atoms with Crippen molar-refractivity contribution >= 4 is 23.2 Å². The molecule has 1 saturated carbocycles. The summed E-state index contributed by atoms with van der Waals surface area (Å²) in [5, 5.41) is 13.3. The van der Waals surface area contributed by atoms with Crippen molar-refractivity contribution in [2.45, 2.75) is 25.7 Å². The second-order valence-electron chi connectivity index (χ2n) is 4.48. The van der Waals surface area contributed by atoms with E-state index in [4.69, 9.17) is 5.11 Å². The second kappa shape index (κ2) is 4.83. The number of hydrogen-bond acceptors (Lipinski definition) is 4. The quantitative estimate of drug-likeness (QED) is 0.835. The van der Waals surface area contributed by atoms with Crippen LogP contribution in [0.1, 0.15) is 36.2 Å². The van der Waals surface area contributed by atoms with Gasteiger partial charge in [0.05, 0.1) is 11.9 Å². The van der Waals surface area contributed by atoms with E-state index < -0.39 is 5.97 Å². The lowest BCUT2D eigenvalue weighted by Crippen LogP contribution is -2.43. The van der Waals surface area contributed by atoms with Crippen LogP contribution in [0, 0.1) is 5.41 Å². The van der Waals surface area contributed by atoms with Gasteiger partial charge in [-0.25, -0.2) is 4.98 Å². The molecule has 2 rings (SSSR count). The molecule has 0 radical (unpaired) electrons. The first-order valence-corrected chi connectivity index (χ1v) is 6.44. The number of carboxylic acid groups (broad SMARTS) is 1. The van der Waals surface area contributed by atoms with Gasteiger partial charge in [-0.3, -0.25) is 9.59 Å². The van der Waals surface area contributed by atoms with E-state index in [1.807, 2.05) is 0 Å². The first-order chi connectivity index (χ1) is 8.11. The van der Waals surface area contributed by atoms with Crippen molar-refractivity contribution in [2.75, 3.05) is 6.54 Å². The number of thiazole rings is 1. The van der Waals surface area contributed by atoms with Crippen LogP contribution in [0.3, 0.4) is 0 Å². The summed E-state index contributed by atoms with van der Waals surface area (Å²) >= 11 is 1.37. The molecule has 0 aromatic carbocycles. The van der Waals surface area contributed by atoms with Gasteiger partial charge in [0.1, 0.15) is 5.69 Å². The third-order valence-corrected chi connectivity index (χ3v) is 3.82. The Morgan fingerprint density at radius 3 is 2.76 bits per heavy atom. The molecule has 92 valence electrons. The van der Waals surface area contributed by atoms with E-state index in [-0.39, 0.29) is 17.7 Å². The molecule has 1 heterocycles. The molecule has 1 aromatic rings. The van der Waals surface area contributed by atoms with Crippen LogP contribution in [0.2, 0.25) is 0 Å². The summed E-state index contributed by atoms with van der Waals surface area (Å²) in [5.74, 6) is -1.02. The van der Waals surface area contributed by atoms with Crippen LogP contribution < -0.4 is 5.32 Å². The predicted octanol–water partition coefficient (Wildman–Crippen LogP) is 1.52. The minimum absolute atomic E-state index is 0.129. The highest BCUT2D eigenvalue weighted by Gasteiger charge is 2.39. The molecule has 5 nitrogen and oxygen atoms in total. The number of carbonyl (C=O) groups excluding carboxylic acids is 1. The molecule has 1 aliphatic carbocycles. The number of aromatic nitrogens is 1. The number of rotatable bonds is 5. The number of amides is 1. The number of nitrogens with one attached hydrogen (secondary N) is 1. The van der Waals surface area contributed by atoms with Crippen molar-refractivity contribution in [2.24, 2.45) is 5.41 Å². The molecule has 1 fully saturated rings. The van der Waals surface area contributed by atoms with Crippen molar-refractivity contribution in [3.05, 3.63) is 16.6 Å². The van der Waals surface area contributed by atoms with Gasteiger partial charge in [-0.15, -0.1) is 11.3 Å². The Bertz CT molecular complexity index is 412. The molecule has 1 aliphatic rings. The average Bonchev–Trinajstić information content (AvgIpc) is 2.74. The average molecular weight is 254 g/mol. The summed E-state index contributed by atoms with van der Waals surface area (Å²) in [7, 11) is 0. The zero-order valence-electron chi connectivity index (χ0n) is 9.31. The predicted molar refractivity (Wildman–Crippen MR) is 63.0 cm³/mol. The monoisotopic (exact) mass is 254 g/mol. The largest absolute Gasteiger partial charge is 0.481 e. The number of aliphatic carboxylic acids is 1. The van der Waals surface area contributed by atoms with Gasteiger partial charge in [0.25, 0.3) is 5.91 Å². The van der Waals surface area contributed by atoms with Gasteiger partial charge in [-0.2, -0.15) is 0 Å². The Balaban J connectivity index is 1.88. The normalized spacial score (nSPS) is 17.2. The fourth-order valence-electron chi connectivity index (χ4n) is 2.10. The van der Waals surface area contributed by atoms with Gasteiger partial charge < -0.3 is 10.4 Å². The van der Waals surface area contributed by atoms with E-state index in [0.717, 1.165) is 19.3 Å². The molecule has 6 heteroatoms. The summed E-state index contributed by atoms with van der Waals surface area (Å²) in [4.78, 5) is 26.3. The molecule has 0 spiro atoms. The topological polar surface area (TPSA) is 79.3 Å². The van der Waals surface area contributed by atoms with E-state index in [1.165, 1.54) is 11.3 Å². The number of hydrogen-bond donors (Lipinski definition) is 2. The van der Waals surface area contributed by atoms with Crippen molar-refractivity contribution in [3.63, 3.8) is 0 Å². The van der Waals surface area contributed by atoms with E-state index >= 15 is 0 Å². The van der Waals surface area contributed by atoms with E-state index in [0.29, 0.717) is 12.2 Å². The molecule has 1 aromatic heterocycles. The zero-order valence-corrected chi connectivity index (χ0v) is 10.1. The van der Waals surface area contributed by atoms with Gasteiger partial charge in [0.2, 0.25) is 0 Å². The molecule has 2 N–H and O–H groups in total. The van der Waals surface area contributed by atoms with Crippen molar-refractivity contribution in [1.82, 2.24) is 10.3 Å². The van der Waals surface area contributed by atoms with Gasteiger partial charge in [0.15, 0.2) is 0 Å². The van der Waals surface area contributed by atoms with Crippen LogP contribution in [0.4, 0.5) is 0 Å². The highest BCUT2D eigenvalue weighted by Crippen LogP contribution is 2.43.